The van der Waals surface area contributed by atoms with Gasteiger partial charge in [-0.05, 0) is 44.4 Å². The topological polar surface area (TPSA) is 27.7 Å². The predicted octanol–water partition coefficient (Wildman–Crippen LogP) is 3.88. The van der Waals surface area contributed by atoms with E-state index >= 15 is 0 Å². The van der Waals surface area contributed by atoms with Crippen molar-refractivity contribution in [3.8, 4) is 0 Å². The van der Waals surface area contributed by atoms with E-state index < -0.39 is 6.72 Å². The summed E-state index contributed by atoms with van der Waals surface area (Å²) in [5, 5.41) is 0. The third-order valence-electron chi connectivity index (χ3n) is 2.87. The fraction of sp³-hybridized carbons (Fsp3) is 1.00. The molecule has 1 rings (SSSR count). The third kappa shape index (κ3) is 4.42. The van der Waals surface area contributed by atoms with Crippen LogP contribution in [-0.2, 0) is 25.4 Å². The fourth-order valence-electron chi connectivity index (χ4n) is 2.02. The van der Waals surface area contributed by atoms with Gasteiger partial charge in [-0.1, -0.05) is 19.8 Å². The van der Waals surface area contributed by atoms with Crippen LogP contribution in [0.3, 0.4) is 0 Å². The molecule has 1 fully saturated rings. The maximum absolute atomic E-state index is 5.95. The first-order valence-corrected chi connectivity index (χ1v) is 8.74. The summed E-state index contributed by atoms with van der Waals surface area (Å²) >= 11 is 5.38. The molecule has 2 atom stereocenters. The van der Waals surface area contributed by atoms with Crippen molar-refractivity contribution in [2.45, 2.75) is 52.6 Å². The molecule has 1 aliphatic rings. The standard InChI is InChI=1S/C11H23O3PS/c1-4-12-15(16,13-5-2)14-11-9-7-6-8-10(11)3/h10-11H,4-9H2,1-3H3. The maximum atomic E-state index is 5.95. The first kappa shape index (κ1) is 14.6. The number of hydrogen-bond acceptors (Lipinski definition) is 4. The van der Waals surface area contributed by atoms with Gasteiger partial charge in [0, 0.05) is 0 Å². The van der Waals surface area contributed by atoms with Gasteiger partial charge in [-0.3, -0.25) is 0 Å². The van der Waals surface area contributed by atoms with Crippen molar-refractivity contribution in [1.29, 1.82) is 0 Å². The Kier molecular flexibility index (Phi) is 6.45. The van der Waals surface area contributed by atoms with E-state index in [-0.39, 0.29) is 6.10 Å². The Morgan fingerprint density at radius 1 is 1.12 bits per heavy atom. The van der Waals surface area contributed by atoms with Gasteiger partial charge in [0.1, 0.15) is 0 Å². The van der Waals surface area contributed by atoms with E-state index in [4.69, 9.17) is 25.4 Å². The summed E-state index contributed by atoms with van der Waals surface area (Å²) in [6.45, 7) is 4.69. The molecule has 0 spiro atoms. The molecule has 1 aliphatic carbocycles. The van der Waals surface area contributed by atoms with Crippen LogP contribution in [0.25, 0.3) is 0 Å². The second-order valence-corrected chi connectivity index (χ2v) is 7.15. The summed E-state index contributed by atoms with van der Waals surface area (Å²) in [5.74, 6) is 0.567. The molecule has 1 saturated carbocycles. The molecule has 96 valence electrons. The van der Waals surface area contributed by atoms with E-state index in [0.29, 0.717) is 19.1 Å². The Morgan fingerprint density at radius 2 is 1.69 bits per heavy atom. The van der Waals surface area contributed by atoms with Crippen molar-refractivity contribution in [2.24, 2.45) is 5.92 Å². The predicted molar refractivity (Wildman–Crippen MR) is 70.0 cm³/mol. The van der Waals surface area contributed by atoms with Crippen molar-refractivity contribution in [3.63, 3.8) is 0 Å². The zero-order chi connectivity index (χ0) is 12.0. The van der Waals surface area contributed by atoms with E-state index in [9.17, 15) is 0 Å². The van der Waals surface area contributed by atoms with Gasteiger partial charge in [0.25, 0.3) is 0 Å². The Bertz CT molecular complexity index is 237. The molecule has 0 radical (unpaired) electrons. The van der Waals surface area contributed by atoms with Gasteiger partial charge in [-0.2, -0.15) is 0 Å². The largest absolute Gasteiger partial charge is 0.327 e. The molecule has 0 saturated heterocycles. The molecule has 5 heteroatoms. The van der Waals surface area contributed by atoms with Gasteiger partial charge in [-0.25, -0.2) is 0 Å². The summed E-state index contributed by atoms with van der Waals surface area (Å²) in [6, 6.07) is 0. The molecule has 0 aromatic carbocycles. The van der Waals surface area contributed by atoms with E-state index in [0.717, 1.165) is 6.42 Å². The lowest BCUT2D eigenvalue weighted by molar-refractivity contribution is 0.0640. The van der Waals surface area contributed by atoms with Gasteiger partial charge >= 0.3 is 6.72 Å². The third-order valence-corrected chi connectivity index (χ3v) is 5.44. The number of hydrogen-bond donors (Lipinski definition) is 0. The number of rotatable bonds is 6. The Hall–Kier alpha value is 0.530. The summed E-state index contributed by atoms with van der Waals surface area (Å²) in [7, 11) is 0. The first-order valence-electron chi connectivity index (χ1n) is 6.18. The Balaban J connectivity index is 2.55. The highest BCUT2D eigenvalue weighted by Crippen LogP contribution is 2.52. The monoisotopic (exact) mass is 266 g/mol. The van der Waals surface area contributed by atoms with Crippen LogP contribution in [-0.4, -0.2) is 19.3 Å². The van der Waals surface area contributed by atoms with Crippen LogP contribution < -0.4 is 0 Å². The quantitative estimate of drug-likeness (QED) is 0.682. The zero-order valence-electron chi connectivity index (χ0n) is 10.5. The summed E-state index contributed by atoms with van der Waals surface area (Å²) < 4.78 is 17.0. The second-order valence-electron chi connectivity index (χ2n) is 4.19. The average Bonchev–Trinajstić information content (AvgIpc) is 2.22. The van der Waals surface area contributed by atoms with Crippen LogP contribution in [0.5, 0.6) is 0 Å². The molecular weight excluding hydrogens is 243 g/mol. The second kappa shape index (κ2) is 7.07. The minimum atomic E-state index is -2.49. The van der Waals surface area contributed by atoms with Crippen molar-refractivity contribution in [1.82, 2.24) is 0 Å². The molecule has 0 heterocycles. The Labute approximate surface area is 104 Å². The van der Waals surface area contributed by atoms with Crippen molar-refractivity contribution < 1.29 is 13.6 Å². The van der Waals surface area contributed by atoms with Gasteiger partial charge in [0.05, 0.1) is 19.3 Å². The van der Waals surface area contributed by atoms with E-state index in [2.05, 4.69) is 6.92 Å². The molecule has 16 heavy (non-hydrogen) atoms. The van der Waals surface area contributed by atoms with Crippen molar-refractivity contribution in [3.05, 3.63) is 0 Å². The lowest BCUT2D eigenvalue weighted by Crippen LogP contribution is -2.25. The molecule has 0 amide bonds. The van der Waals surface area contributed by atoms with Crippen LogP contribution in [0.4, 0.5) is 0 Å². The maximum Gasteiger partial charge on any atom is 0.327 e. The summed E-state index contributed by atoms with van der Waals surface area (Å²) in [6.07, 6.45) is 5.05. The highest BCUT2D eigenvalue weighted by atomic mass is 32.5. The lowest BCUT2D eigenvalue weighted by Gasteiger charge is -2.32. The fourth-order valence-corrected chi connectivity index (χ4v) is 4.46. The summed E-state index contributed by atoms with van der Waals surface area (Å²) in [4.78, 5) is 0. The first-order chi connectivity index (χ1) is 7.61. The molecule has 3 nitrogen and oxygen atoms in total. The molecule has 0 aromatic rings. The van der Waals surface area contributed by atoms with E-state index in [1.807, 2.05) is 13.8 Å². The zero-order valence-corrected chi connectivity index (χ0v) is 12.2. The van der Waals surface area contributed by atoms with Crippen LogP contribution in [0.1, 0.15) is 46.5 Å². The molecule has 0 aromatic heterocycles. The van der Waals surface area contributed by atoms with Gasteiger partial charge in [0.2, 0.25) is 0 Å². The highest BCUT2D eigenvalue weighted by molar-refractivity contribution is 8.07. The van der Waals surface area contributed by atoms with Crippen LogP contribution in [0.15, 0.2) is 0 Å². The van der Waals surface area contributed by atoms with Crippen molar-refractivity contribution >= 4 is 18.5 Å². The molecule has 0 bridgehead atoms. The normalized spacial score (nSPS) is 26.9. The van der Waals surface area contributed by atoms with E-state index in [1.165, 1.54) is 19.3 Å². The lowest BCUT2D eigenvalue weighted by atomic mass is 9.88. The van der Waals surface area contributed by atoms with Crippen molar-refractivity contribution in [2.75, 3.05) is 13.2 Å². The molecule has 2 unspecified atom stereocenters. The SMILES string of the molecule is CCOP(=S)(OCC)OC1CCCCC1C. The minimum Gasteiger partial charge on any atom is -0.309 e. The molecular formula is C11H23O3PS. The van der Waals surface area contributed by atoms with Crippen LogP contribution in [0.2, 0.25) is 0 Å². The van der Waals surface area contributed by atoms with Gasteiger partial charge < -0.3 is 13.6 Å². The Morgan fingerprint density at radius 3 is 2.19 bits per heavy atom. The average molecular weight is 266 g/mol. The smallest absolute Gasteiger partial charge is 0.309 e. The minimum absolute atomic E-state index is 0.220. The van der Waals surface area contributed by atoms with Gasteiger partial charge in [0.15, 0.2) is 0 Å². The van der Waals surface area contributed by atoms with Gasteiger partial charge in [-0.15, -0.1) is 0 Å². The molecule has 0 N–H and O–H groups in total. The van der Waals surface area contributed by atoms with Crippen LogP contribution >= 0.6 is 6.72 Å². The van der Waals surface area contributed by atoms with E-state index in [1.54, 1.807) is 0 Å². The van der Waals surface area contributed by atoms with Crippen LogP contribution in [0, 0.1) is 5.92 Å². The highest BCUT2D eigenvalue weighted by Gasteiger charge is 2.30. The summed E-state index contributed by atoms with van der Waals surface area (Å²) in [5.41, 5.74) is 0. The molecule has 0 aliphatic heterocycles.